The van der Waals surface area contributed by atoms with E-state index >= 15 is 0 Å². The van der Waals surface area contributed by atoms with Gasteiger partial charge in [0.25, 0.3) is 0 Å². The molecule has 1 saturated carbocycles. The molecule has 0 aromatic carbocycles. The number of nitrogens with zero attached hydrogens (tertiary/aromatic N) is 3. The van der Waals surface area contributed by atoms with E-state index in [4.69, 9.17) is 14.2 Å². The Kier molecular flexibility index (Phi) is 5.95. The molecule has 0 bridgehead atoms. The van der Waals surface area contributed by atoms with Crippen molar-refractivity contribution >= 4 is 23.6 Å². The number of carbonyl (C=O) groups excluding carboxylic acids is 2. The standard InChI is InChI=1S/C20H27N3O5/c24-19(15-4-2-1-3-5-15)27-14-17-13-23(20(25)28-17)16-6-7-18(21-12-16)22-8-10-26-11-9-22/h6-7,12,15,17H,1-5,8-11,13-14H2/t17-/m1/s1. The molecule has 1 aromatic rings. The minimum absolute atomic E-state index is 0.00103. The van der Waals surface area contributed by atoms with Crippen LogP contribution in [0.1, 0.15) is 32.1 Å². The Balaban J connectivity index is 1.29. The van der Waals surface area contributed by atoms with Crippen LogP contribution in [0.4, 0.5) is 16.3 Å². The molecule has 3 fully saturated rings. The molecule has 1 amide bonds. The predicted octanol–water partition coefficient (Wildman–Crippen LogP) is 2.37. The van der Waals surface area contributed by atoms with Crippen molar-refractivity contribution in [2.24, 2.45) is 5.92 Å². The number of morpholine rings is 1. The van der Waals surface area contributed by atoms with Gasteiger partial charge in [-0.05, 0) is 25.0 Å². The summed E-state index contributed by atoms with van der Waals surface area (Å²) < 4.78 is 16.1. The van der Waals surface area contributed by atoms with Gasteiger partial charge in [0, 0.05) is 13.1 Å². The number of carbonyl (C=O) groups is 2. The van der Waals surface area contributed by atoms with Crippen LogP contribution in [0, 0.1) is 5.92 Å². The Morgan fingerprint density at radius 3 is 2.68 bits per heavy atom. The minimum atomic E-state index is -0.445. The summed E-state index contributed by atoms with van der Waals surface area (Å²) in [5.74, 6) is 0.710. The first-order valence-corrected chi connectivity index (χ1v) is 10.1. The number of hydrogen-bond acceptors (Lipinski definition) is 7. The number of rotatable bonds is 5. The van der Waals surface area contributed by atoms with Gasteiger partial charge in [0.05, 0.1) is 37.6 Å². The molecule has 1 aliphatic carbocycles. The van der Waals surface area contributed by atoms with Gasteiger partial charge in [-0.15, -0.1) is 0 Å². The summed E-state index contributed by atoms with van der Waals surface area (Å²) in [6.45, 7) is 3.48. The van der Waals surface area contributed by atoms with Gasteiger partial charge < -0.3 is 19.1 Å². The monoisotopic (exact) mass is 389 g/mol. The lowest BCUT2D eigenvalue weighted by molar-refractivity contribution is -0.152. The molecule has 28 heavy (non-hydrogen) atoms. The van der Waals surface area contributed by atoms with Crippen molar-refractivity contribution in [1.29, 1.82) is 0 Å². The highest BCUT2D eigenvalue weighted by molar-refractivity contribution is 5.89. The van der Waals surface area contributed by atoms with Crippen molar-refractivity contribution < 1.29 is 23.8 Å². The van der Waals surface area contributed by atoms with Gasteiger partial charge in [-0.25, -0.2) is 9.78 Å². The topological polar surface area (TPSA) is 81.2 Å². The van der Waals surface area contributed by atoms with E-state index in [1.165, 1.54) is 11.3 Å². The van der Waals surface area contributed by atoms with E-state index in [0.29, 0.717) is 25.4 Å². The largest absolute Gasteiger partial charge is 0.461 e. The first kappa shape index (κ1) is 19.0. The maximum atomic E-state index is 12.2. The molecule has 1 aromatic heterocycles. The van der Waals surface area contributed by atoms with Gasteiger partial charge in [-0.3, -0.25) is 9.69 Å². The average Bonchev–Trinajstić information content (AvgIpc) is 3.14. The van der Waals surface area contributed by atoms with Crippen molar-refractivity contribution in [3.05, 3.63) is 18.3 Å². The molecule has 3 aliphatic rings. The molecule has 2 aliphatic heterocycles. The smallest absolute Gasteiger partial charge is 0.414 e. The van der Waals surface area contributed by atoms with Crippen LogP contribution < -0.4 is 9.80 Å². The Morgan fingerprint density at radius 1 is 1.18 bits per heavy atom. The summed E-state index contributed by atoms with van der Waals surface area (Å²) >= 11 is 0. The van der Waals surface area contributed by atoms with Gasteiger partial charge in [-0.1, -0.05) is 19.3 Å². The molecule has 4 rings (SSSR count). The van der Waals surface area contributed by atoms with E-state index in [-0.39, 0.29) is 18.5 Å². The summed E-state index contributed by atoms with van der Waals surface area (Å²) in [5, 5.41) is 0. The highest BCUT2D eigenvalue weighted by Crippen LogP contribution is 2.26. The fraction of sp³-hybridized carbons (Fsp3) is 0.650. The Bertz CT molecular complexity index is 684. The molecular formula is C20H27N3O5. The van der Waals surface area contributed by atoms with Gasteiger partial charge in [0.1, 0.15) is 12.4 Å². The molecule has 0 spiro atoms. The first-order chi connectivity index (χ1) is 13.7. The van der Waals surface area contributed by atoms with Crippen LogP contribution in [-0.4, -0.2) is 62.6 Å². The third-order valence-corrected chi connectivity index (χ3v) is 5.60. The summed E-state index contributed by atoms with van der Waals surface area (Å²) in [6, 6.07) is 3.78. The molecule has 1 atom stereocenters. The average molecular weight is 389 g/mol. The van der Waals surface area contributed by atoms with Crippen LogP contribution in [0.5, 0.6) is 0 Å². The fourth-order valence-corrected chi connectivity index (χ4v) is 3.97. The molecule has 0 N–H and O–H groups in total. The quantitative estimate of drug-likeness (QED) is 0.715. The van der Waals surface area contributed by atoms with E-state index in [2.05, 4.69) is 9.88 Å². The fourth-order valence-electron chi connectivity index (χ4n) is 3.97. The van der Waals surface area contributed by atoms with E-state index in [1.807, 2.05) is 12.1 Å². The number of amides is 1. The summed E-state index contributed by atoms with van der Waals surface area (Å²) in [7, 11) is 0. The second-order valence-corrected chi connectivity index (χ2v) is 7.56. The van der Waals surface area contributed by atoms with Crippen LogP contribution in [0.25, 0.3) is 0 Å². The summed E-state index contributed by atoms with van der Waals surface area (Å²) in [4.78, 5) is 32.6. The van der Waals surface area contributed by atoms with Crippen LogP contribution >= 0.6 is 0 Å². The second kappa shape index (κ2) is 8.77. The van der Waals surface area contributed by atoms with E-state index in [0.717, 1.165) is 44.6 Å². The molecule has 8 nitrogen and oxygen atoms in total. The van der Waals surface area contributed by atoms with Crippen molar-refractivity contribution in [2.75, 3.05) is 49.3 Å². The number of pyridine rings is 1. The van der Waals surface area contributed by atoms with Gasteiger partial charge >= 0.3 is 12.1 Å². The lowest BCUT2D eigenvalue weighted by Gasteiger charge is -2.28. The molecule has 8 heteroatoms. The number of esters is 1. The Labute approximate surface area is 164 Å². The van der Waals surface area contributed by atoms with Crippen LogP contribution in [0.2, 0.25) is 0 Å². The van der Waals surface area contributed by atoms with Crippen molar-refractivity contribution in [3.8, 4) is 0 Å². The third-order valence-electron chi connectivity index (χ3n) is 5.60. The highest BCUT2D eigenvalue weighted by Gasteiger charge is 2.34. The van der Waals surface area contributed by atoms with E-state index in [9.17, 15) is 9.59 Å². The number of ether oxygens (including phenoxy) is 3. The van der Waals surface area contributed by atoms with Crippen LogP contribution in [-0.2, 0) is 19.0 Å². The SMILES string of the molecule is O=C(OC[C@H]1CN(c2ccc(N3CCOCC3)nc2)C(=O)O1)C1CCCCC1. The highest BCUT2D eigenvalue weighted by atomic mass is 16.6. The van der Waals surface area contributed by atoms with E-state index < -0.39 is 12.2 Å². The second-order valence-electron chi connectivity index (χ2n) is 7.56. The Hall–Kier alpha value is -2.35. The van der Waals surface area contributed by atoms with Crippen molar-refractivity contribution in [2.45, 2.75) is 38.2 Å². The predicted molar refractivity (Wildman–Crippen MR) is 102 cm³/mol. The van der Waals surface area contributed by atoms with Gasteiger partial charge in [0.15, 0.2) is 6.10 Å². The minimum Gasteiger partial charge on any atom is -0.461 e. The number of anilines is 2. The summed E-state index contributed by atoms with van der Waals surface area (Å²) in [6.07, 6.45) is 5.96. The normalized spacial score (nSPS) is 23.6. The number of aromatic nitrogens is 1. The maximum absolute atomic E-state index is 12.2. The molecular weight excluding hydrogens is 362 g/mol. The molecule has 2 saturated heterocycles. The molecule has 0 radical (unpaired) electrons. The zero-order chi connectivity index (χ0) is 19.3. The molecule has 152 valence electrons. The lowest BCUT2D eigenvalue weighted by atomic mass is 9.89. The number of hydrogen-bond donors (Lipinski definition) is 0. The number of cyclic esters (lactones) is 1. The zero-order valence-corrected chi connectivity index (χ0v) is 16.0. The van der Waals surface area contributed by atoms with Gasteiger partial charge in [0.2, 0.25) is 0 Å². The third kappa shape index (κ3) is 4.38. The Morgan fingerprint density at radius 2 is 1.96 bits per heavy atom. The van der Waals surface area contributed by atoms with Crippen LogP contribution in [0.3, 0.4) is 0 Å². The van der Waals surface area contributed by atoms with E-state index in [1.54, 1.807) is 6.20 Å². The van der Waals surface area contributed by atoms with Gasteiger partial charge in [-0.2, -0.15) is 0 Å². The van der Waals surface area contributed by atoms with Crippen molar-refractivity contribution in [1.82, 2.24) is 4.98 Å². The zero-order valence-electron chi connectivity index (χ0n) is 16.0. The van der Waals surface area contributed by atoms with Crippen molar-refractivity contribution in [3.63, 3.8) is 0 Å². The first-order valence-electron chi connectivity index (χ1n) is 10.1. The maximum Gasteiger partial charge on any atom is 0.414 e. The molecule has 3 heterocycles. The lowest BCUT2D eigenvalue weighted by Crippen LogP contribution is -2.36. The van der Waals surface area contributed by atoms with Crippen LogP contribution in [0.15, 0.2) is 18.3 Å². The summed E-state index contributed by atoms with van der Waals surface area (Å²) in [5.41, 5.74) is 0.683. The molecule has 0 unspecified atom stereocenters.